The topological polar surface area (TPSA) is 128 Å². The van der Waals surface area contributed by atoms with Crippen LogP contribution in [0.4, 0.5) is 11.6 Å². The summed E-state index contributed by atoms with van der Waals surface area (Å²) in [5.41, 5.74) is 15.6. The molecule has 0 aliphatic carbocycles. The summed E-state index contributed by atoms with van der Waals surface area (Å²) < 4.78 is 0. The molecule has 0 spiro atoms. The van der Waals surface area contributed by atoms with E-state index in [0.717, 1.165) is 0 Å². The standard InChI is InChI=1S/C9H13N5O2/c10-6-2-1-3-9(13-6)14(4-7(11)15)5-8(12)16/h1-3H,4-5H2,(H2,10,13)(H2,11,15)(H2,12,16). The summed E-state index contributed by atoms with van der Waals surface area (Å²) in [6, 6.07) is 4.87. The van der Waals surface area contributed by atoms with Crippen LogP contribution in [0, 0.1) is 0 Å². The number of nitrogens with zero attached hydrogens (tertiary/aromatic N) is 2. The predicted molar refractivity (Wildman–Crippen MR) is 59.3 cm³/mol. The normalized spacial score (nSPS) is 9.75. The molecule has 0 radical (unpaired) electrons. The molecule has 0 fully saturated rings. The van der Waals surface area contributed by atoms with E-state index in [1.54, 1.807) is 18.2 Å². The summed E-state index contributed by atoms with van der Waals surface area (Å²) in [5, 5.41) is 0. The van der Waals surface area contributed by atoms with Gasteiger partial charge in [0.05, 0.1) is 13.1 Å². The Kier molecular flexibility index (Phi) is 3.65. The first kappa shape index (κ1) is 11.8. The average molecular weight is 223 g/mol. The van der Waals surface area contributed by atoms with Gasteiger partial charge in [-0.15, -0.1) is 0 Å². The Morgan fingerprint density at radius 1 is 1.19 bits per heavy atom. The van der Waals surface area contributed by atoms with Crippen molar-refractivity contribution in [2.24, 2.45) is 11.5 Å². The van der Waals surface area contributed by atoms with Crippen molar-refractivity contribution in [1.29, 1.82) is 0 Å². The van der Waals surface area contributed by atoms with Crippen molar-refractivity contribution >= 4 is 23.5 Å². The molecule has 0 atom stereocenters. The molecule has 1 aromatic rings. The maximum absolute atomic E-state index is 10.8. The number of hydrogen-bond acceptors (Lipinski definition) is 5. The van der Waals surface area contributed by atoms with Crippen molar-refractivity contribution in [1.82, 2.24) is 4.98 Å². The molecule has 2 amide bonds. The number of hydrogen-bond donors (Lipinski definition) is 3. The van der Waals surface area contributed by atoms with Crippen LogP contribution in [0.2, 0.25) is 0 Å². The van der Waals surface area contributed by atoms with Crippen molar-refractivity contribution < 1.29 is 9.59 Å². The summed E-state index contributed by atoms with van der Waals surface area (Å²) in [6.07, 6.45) is 0. The number of nitrogens with two attached hydrogens (primary N) is 3. The van der Waals surface area contributed by atoms with E-state index < -0.39 is 11.8 Å². The molecule has 0 aromatic carbocycles. The first-order chi connectivity index (χ1) is 7.49. The minimum atomic E-state index is -0.578. The van der Waals surface area contributed by atoms with E-state index in [-0.39, 0.29) is 18.9 Å². The lowest BCUT2D eigenvalue weighted by Crippen LogP contribution is -2.40. The zero-order valence-corrected chi connectivity index (χ0v) is 8.59. The number of nitrogen functional groups attached to an aromatic ring is 1. The second kappa shape index (κ2) is 4.96. The number of carbonyl (C=O) groups excluding carboxylic acids is 2. The van der Waals surface area contributed by atoms with E-state index >= 15 is 0 Å². The van der Waals surface area contributed by atoms with Crippen LogP contribution in [0.1, 0.15) is 0 Å². The Morgan fingerprint density at radius 2 is 1.75 bits per heavy atom. The monoisotopic (exact) mass is 223 g/mol. The van der Waals surface area contributed by atoms with Crippen molar-refractivity contribution in [3.05, 3.63) is 18.2 Å². The molecular weight excluding hydrogens is 210 g/mol. The zero-order valence-electron chi connectivity index (χ0n) is 8.59. The predicted octanol–water partition coefficient (Wildman–Crippen LogP) is -1.56. The summed E-state index contributed by atoms with van der Waals surface area (Å²) in [6.45, 7) is -0.279. The van der Waals surface area contributed by atoms with E-state index in [2.05, 4.69) is 4.98 Å². The van der Waals surface area contributed by atoms with Crippen LogP contribution < -0.4 is 22.1 Å². The van der Waals surface area contributed by atoms with Gasteiger partial charge < -0.3 is 22.1 Å². The fourth-order valence-corrected chi connectivity index (χ4v) is 1.21. The number of carbonyl (C=O) groups is 2. The Labute approximate surface area is 92.2 Å². The zero-order chi connectivity index (χ0) is 12.1. The third-order valence-corrected chi connectivity index (χ3v) is 1.77. The molecule has 6 N–H and O–H groups in total. The van der Waals surface area contributed by atoms with Crippen LogP contribution in [0.15, 0.2) is 18.2 Å². The van der Waals surface area contributed by atoms with Crippen LogP contribution in [0.3, 0.4) is 0 Å². The van der Waals surface area contributed by atoms with Crippen molar-refractivity contribution in [3.63, 3.8) is 0 Å². The highest BCUT2D eigenvalue weighted by atomic mass is 16.2. The van der Waals surface area contributed by atoms with Gasteiger partial charge in [-0.2, -0.15) is 0 Å². The molecule has 1 aromatic heterocycles. The molecule has 7 heteroatoms. The Hall–Kier alpha value is -2.31. The van der Waals surface area contributed by atoms with Crippen LogP contribution in [-0.4, -0.2) is 29.9 Å². The number of aromatic nitrogens is 1. The molecular formula is C9H13N5O2. The van der Waals surface area contributed by atoms with Crippen LogP contribution in [0.5, 0.6) is 0 Å². The third-order valence-electron chi connectivity index (χ3n) is 1.77. The number of amides is 2. The lowest BCUT2D eigenvalue weighted by atomic mass is 10.3. The Balaban J connectivity index is 2.90. The fraction of sp³-hybridized carbons (Fsp3) is 0.222. The lowest BCUT2D eigenvalue weighted by molar-refractivity contribution is -0.117. The van der Waals surface area contributed by atoms with Crippen LogP contribution in [-0.2, 0) is 9.59 Å². The first-order valence-corrected chi connectivity index (χ1v) is 4.53. The molecule has 0 aliphatic heterocycles. The van der Waals surface area contributed by atoms with Crippen LogP contribution in [0.25, 0.3) is 0 Å². The van der Waals surface area contributed by atoms with Gasteiger partial charge in [0.25, 0.3) is 0 Å². The molecule has 1 heterocycles. The maximum Gasteiger partial charge on any atom is 0.237 e. The molecule has 86 valence electrons. The van der Waals surface area contributed by atoms with E-state index in [1.807, 2.05) is 0 Å². The third kappa shape index (κ3) is 3.45. The van der Waals surface area contributed by atoms with Gasteiger partial charge in [0.15, 0.2) is 0 Å². The SMILES string of the molecule is NC(=O)CN(CC(N)=O)c1cccc(N)n1. The first-order valence-electron chi connectivity index (χ1n) is 4.53. The van der Waals surface area contributed by atoms with E-state index in [1.165, 1.54) is 4.90 Å². The average Bonchev–Trinajstić information content (AvgIpc) is 2.15. The summed E-state index contributed by atoms with van der Waals surface area (Å²) in [5.74, 6) is -0.481. The summed E-state index contributed by atoms with van der Waals surface area (Å²) >= 11 is 0. The van der Waals surface area contributed by atoms with Gasteiger partial charge in [-0.3, -0.25) is 9.59 Å². The number of rotatable bonds is 5. The van der Waals surface area contributed by atoms with E-state index in [4.69, 9.17) is 17.2 Å². The largest absolute Gasteiger partial charge is 0.384 e. The van der Waals surface area contributed by atoms with E-state index in [9.17, 15) is 9.59 Å². The molecule has 0 saturated carbocycles. The van der Waals surface area contributed by atoms with Gasteiger partial charge in [-0.1, -0.05) is 6.07 Å². The Morgan fingerprint density at radius 3 is 2.19 bits per heavy atom. The summed E-state index contributed by atoms with van der Waals surface area (Å²) in [4.78, 5) is 27.0. The number of pyridine rings is 1. The smallest absolute Gasteiger partial charge is 0.237 e. The highest BCUT2D eigenvalue weighted by Crippen LogP contribution is 2.11. The van der Waals surface area contributed by atoms with Gasteiger partial charge in [-0.05, 0) is 12.1 Å². The molecule has 0 bridgehead atoms. The van der Waals surface area contributed by atoms with Gasteiger partial charge in [0.1, 0.15) is 11.6 Å². The van der Waals surface area contributed by atoms with Crippen LogP contribution >= 0.6 is 0 Å². The maximum atomic E-state index is 10.8. The molecule has 0 aliphatic rings. The van der Waals surface area contributed by atoms with Gasteiger partial charge in [0.2, 0.25) is 11.8 Å². The van der Waals surface area contributed by atoms with E-state index in [0.29, 0.717) is 5.82 Å². The van der Waals surface area contributed by atoms with Gasteiger partial charge in [0, 0.05) is 0 Å². The summed E-state index contributed by atoms with van der Waals surface area (Å²) in [7, 11) is 0. The second-order valence-electron chi connectivity index (χ2n) is 3.21. The van der Waals surface area contributed by atoms with Gasteiger partial charge >= 0.3 is 0 Å². The van der Waals surface area contributed by atoms with Crippen molar-refractivity contribution in [2.75, 3.05) is 23.7 Å². The van der Waals surface area contributed by atoms with Gasteiger partial charge in [-0.25, -0.2) is 4.98 Å². The molecule has 0 saturated heterocycles. The Bertz CT molecular complexity index is 391. The molecule has 0 unspecified atom stereocenters. The second-order valence-corrected chi connectivity index (χ2v) is 3.21. The molecule has 7 nitrogen and oxygen atoms in total. The van der Waals surface area contributed by atoms with Crippen molar-refractivity contribution in [2.45, 2.75) is 0 Å². The number of anilines is 2. The molecule has 16 heavy (non-hydrogen) atoms. The van der Waals surface area contributed by atoms with Crippen molar-refractivity contribution in [3.8, 4) is 0 Å². The highest BCUT2D eigenvalue weighted by molar-refractivity contribution is 5.84. The minimum Gasteiger partial charge on any atom is -0.384 e. The number of primary amides is 2. The quantitative estimate of drug-likeness (QED) is 0.556. The highest BCUT2D eigenvalue weighted by Gasteiger charge is 2.13. The lowest BCUT2D eigenvalue weighted by Gasteiger charge is -2.20. The fourth-order valence-electron chi connectivity index (χ4n) is 1.21. The minimum absolute atomic E-state index is 0.139. The molecule has 1 rings (SSSR count).